The predicted octanol–water partition coefficient (Wildman–Crippen LogP) is 4.75. The summed E-state index contributed by atoms with van der Waals surface area (Å²) in [6.45, 7) is 1.47. The summed E-state index contributed by atoms with van der Waals surface area (Å²) in [6.07, 6.45) is 8.91. The number of anilines is 1. The molecule has 0 saturated heterocycles. The van der Waals surface area contributed by atoms with Crippen molar-refractivity contribution in [3.05, 3.63) is 77.5 Å². The van der Waals surface area contributed by atoms with Gasteiger partial charge in [-0.3, -0.25) is 9.78 Å². The first-order valence-electron chi connectivity index (χ1n) is 10.5. The number of fused-ring (bicyclic) bond motifs is 2. The van der Waals surface area contributed by atoms with E-state index in [1.807, 2.05) is 42.5 Å². The molecule has 1 amide bonds. The minimum absolute atomic E-state index is 0.0550. The fourth-order valence-corrected chi connectivity index (χ4v) is 3.88. The van der Waals surface area contributed by atoms with Gasteiger partial charge in [0.15, 0.2) is 0 Å². The third-order valence-corrected chi connectivity index (χ3v) is 5.35. The minimum atomic E-state index is -0.0550. The van der Waals surface area contributed by atoms with E-state index in [9.17, 15) is 4.79 Å². The molecule has 0 unspecified atom stereocenters. The smallest absolute Gasteiger partial charge is 0.244 e. The molecule has 0 atom stereocenters. The summed E-state index contributed by atoms with van der Waals surface area (Å²) in [5, 5.41) is 7.80. The standard InChI is InChI=1S/C25H27N3O/c29-24(16-15-19-9-2-1-3-10-19)26-17-8-18-27-25-20-11-4-6-13-22(20)28-23-14-7-5-12-21(23)25/h1-4,6,9-11,13,15-16H,5,7-8,12,14,17-18H2,(H,26,29)(H,27,28)/b16-15+. The van der Waals surface area contributed by atoms with E-state index in [1.54, 1.807) is 6.08 Å². The second-order valence-electron chi connectivity index (χ2n) is 7.45. The summed E-state index contributed by atoms with van der Waals surface area (Å²) in [7, 11) is 0. The summed E-state index contributed by atoms with van der Waals surface area (Å²) < 4.78 is 0. The molecule has 148 valence electrons. The van der Waals surface area contributed by atoms with Crippen LogP contribution in [-0.4, -0.2) is 24.0 Å². The maximum Gasteiger partial charge on any atom is 0.244 e. The quantitative estimate of drug-likeness (QED) is 0.456. The monoisotopic (exact) mass is 385 g/mol. The number of pyridine rings is 1. The molecule has 4 nitrogen and oxygen atoms in total. The van der Waals surface area contributed by atoms with Gasteiger partial charge >= 0.3 is 0 Å². The van der Waals surface area contributed by atoms with Crippen molar-refractivity contribution in [2.24, 2.45) is 0 Å². The fourth-order valence-electron chi connectivity index (χ4n) is 3.88. The molecule has 0 aliphatic heterocycles. The molecular weight excluding hydrogens is 358 g/mol. The number of rotatable bonds is 7. The van der Waals surface area contributed by atoms with E-state index in [2.05, 4.69) is 28.8 Å². The number of benzene rings is 2. The average Bonchev–Trinajstić information content (AvgIpc) is 2.77. The van der Waals surface area contributed by atoms with Crippen LogP contribution < -0.4 is 10.6 Å². The van der Waals surface area contributed by atoms with Crippen LogP contribution in [0.15, 0.2) is 60.7 Å². The highest BCUT2D eigenvalue weighted by Crippen LogP contribution is 2.33. The highest BCUT2D eigenvalue weighted by atomic mass is 16.1. The molecule has 0 bridgehead atoms. The number of nitrogens with zero attached hydrogens (tertiary/aromatic N) is 1. The van der Waals surface area contributed by atoms with Crippen molar-refractivity contribution in [3.8, 4) is 0 Å². The maximum absolute atomic E-state index is 12.0. The van der Waals surface area contributed by atoms with Gasteiger partial charge in [-0.25, -0.2) is 0 Å². The SMILES string of the molecule is O=C(/C=C/c1ccccc1)NCCCNc1c2c(nc3ccccc13)CCCC2. The van der Waals surface area contributed by atoms with Crippen LogP contribution in [0, 0.1) is 0 Å². The highest BCUT2D eigenvalue weighted by Gasteiger charge is 2.17. The first kappa shape index (κ1) is 19.2. The van der Waals surface area contributed by atoms with Crippen molar-refractivity contribution < 1.29 is 4.79 Å². The van der Waals surface area contributed by atoms with Gasteiger partial charge in [-0.2, -0.15) is 0 Å². The Morgan fingerprint density at radius 1 is 0.966 bits per heavy atom. The molecule has 0 spiro atoms. The topological polar surface area (TPSA) is 54.0 Å². The number of amides is 1. The van der Waals surface area contributed by atoms with Crippen molar-refractivity contribution in [1.82, 2.24) is 10.3 Å². The maximum atomic E-state index is 12.0. The van der Waals surface area contributed by atoms with Gasteiger partial charge in [-0.1, -0.05) is 48.5 Å². The van der Waals surface area contributed by atoms with E-state index in [-0.39, 0.29) is 5.91 Å². The molecule has 1 aliphatic carbocycles. The first-order valence-corrected chi connectivity index (χ1v) is 10.5. The lowest BCUT2D eigenvalue weighted by molar-refractivity contribution is -0.116. The van der Waals surface area contributed by atoms with Crippen LogP contribution in [0.5, 0.6) is 0 Å². The Morgan fingerprint density at radius 2 is 1.76 bits per heavy atom. The highest BCUT2D eigenvalue weighted by molar-refractivity contribution is 5.93. The number of hydrogen-bond acceptors (Lipinski definition) is 3. The van der Waals surface area contributed by atoms with Gasteiger partial charge in [0.2, 0.25) is 5.91 Å². The van der Waals surface area contributed by atoms with Crippen LogP contribution in [-0.2, 0) is 17.6 Å². The number of nitrogens with one attached hydrogen (secondary N) is 2. The second-order valence-corrected chi connectivity index (χ2v) is 7.45. The Kier molecular flexibility index (Phi) is 6.20. The molecule has 1 aliphatic rings. The summed E-state index contributed by atoms with van der Waals surface area (Å²) in [5.41, 5.74) is 5.95. The van der Waals surface area contributed by atoms with Crippen molar-refractivity contribution in [2.75, 3.05) is 18.4 Å². The van der Waals surface area contributed by atoms with Gasteiger partial charge in [0, 0.05) is 35.9 Å². The zero-order valence-corrected chi connectivity index (χ0v) is 16.7. The van der Waals surface area contributed by atoms with Gasteiger partial charge < -0.3 is 10.6 Å². The molecule has 29 heavy (non-hydrogen) atoms. The second kappa shape index (κ2) is 9.37. The van der Waals surface area contributed by atoms with Crippen LogP contribution in [0.2, 0.25) is 0 Å². The number of carbonyl (C=O) groups is 1. The van der Waals surface area contributed by atoms with E-state index >= 15 is 0 Å². The molecule has 4 heteroatoms. The van der Waals surface area contributed by atoms with Crippen molar-refractivity contribution in [1.29, 1.82) is 0 Å². The lowest BCUT2D eigenvalue weighted by Gasteiger charge is -2.21. The van der Waals surface area contributed by atoms with Crippen LogP contribution >= 0.6 is 0 Å². The Labute approximate surface area is 172 Å². The largest absolute Gasteiger partial charge is 0.384 e. The Morgan fingerprint density at radius 3 is 2.66 bits per heavy atom. The van der Waals surface area contributed by atoms with Crippen LogP contribution in [0.25, 0.3) is 17.0 Å². The predicted molar refractivity (Wildman–Crippen MR) is 120 cm³/mol. The molecule has 0 saturated carbocycles. The molecular formula is C25H27N3O. The van der Waals surface area contributed by atoms with E-state index in [4.69, 9.17) is 4.98 Å². The molecule has 0 radical (unpaired) electrons. The van der Waals surface area contributed by atoms with Crippen molar-refractivity contribution in [2.45, 2.75) is 32.1 Å². The van der Waals surface area contributed by atoms with Gasteiger partial charge in [0.1, 0.15) is 0 Å². The van der Waals surface area contributed by atoms with E-state index < -0.39 is 0 Å². The molecule has 1 heterocycles. The Bertz CT molecular complexity index is 1010. The molecule has 1 aromatic heterocycles. The average molecular weight is 386 g/mol. The Balaban J connectivity index is 1.32. The lowest BCUT2D eigenvalue weighted by atomic mass is 9.92. The zero-order chi connectivity index (χ0) is 19.9. The summed E-state index contributed by atoms with van der Waals surface area (Å²) in [5.74, 6) is -0.0550. The van der Waals surface area contributed by atoms with Gasteiger partial charge in [0.25, 0.3) is 0 Å². The normalized spacial score (nSPS) is 13.4. The van der Waals surface area contributed by atoms with Gasteiger partial charge in [-0.15, -0.1) is 0 Å². The summed E-state index contributed by atoms with van der Waals surface area (Å²) in [4.78, 5) is 16.9. The minimum Gasteiger partial charge on any atom is -0.384 e. The molecule has 2 aromatic carbocycles. The Hall–Kier alpha value is -3.14. The summed E-state index contributed by atoms with van der Waals surface area (Å²) >= 11 is 0. The third kappa shape index (κ3) is 4.83. The zero-order valence-electron chi connectivity index (χ0n) is 16.7. The molecule has 2 N–H and O–H groups in total. The van der Waals surface area contributed by atoms with Crippen LogP contribution in [0.1, 0.15) is 36.1 Å². The number of aryl methyl sites for hydroxylation is 1. The lowest BCUT2D eigenvalue weighted by Crippen LogP contribution is -2.24. The molecule has 4 rings (SSSR count). The number of para-hydroxylation sites is 1. The summed E-state index contributed by atoms with van der Waals surface area (Å²) in [6, 6.07) is 18.2. The third-order valence-electron chi connectivity index (χ3n) is 5.35. The van der Waals surface area contributed by atoms with Gasteiger partial charge in [0.05, 0.1) is 5.52 Å². The number of carbonyl (C=O) groups excluding carboxylic acids is 1. The van der Waals surface area contributed by atoms with Crippen molar-refractivity contribution in [3.63, 3.8) is 0 Å². The van der Waals surface area contributed by atoms with E-state index in [0.717, 1.165) is 36.9 Å². The fraction of sp³-hybridized carbons (Fsp3) is 0.280. The van der Waals surface area contributed by atoms with Crippen molar-refractivity contribution >= 4 is 28.6 Å². The van der Waals surface area contributed by atoms with E-state index in [1.165, 1.54) is 35.2 Å². The number of hydrogen-bond donors (Lipinski definition) is 2. The van der Waals surface area contributed by atoms with Crippen LogP contribution in [0.4, 0.5) is 5.69 Å². The van der Waals surface area contributed by atoms with Crippen LogP contribution in [0.3, 0.4) is 0 Å². The molecule has 3 aromatic rings. The molecule has 0 fully saturated rings. The number of aromatic nitrogens is 1. The first-order chi connectivity index (χ1) is 14.3. The van der Waals surface area contributed by atoms with Gasteiger partial charge in [-0.05, 0) is 55.4 Å². The van der Waals surface area contributed by atoms with E-state index in [0.29, 0.717) is 6.54 Å².